The minimum atomic E-state index is 0.682. The summed E-state index contributed by atoms with van der Waals surface area (Å²) in [7, 11) is 0. The molecule has 0 spiro atoms. The van der Waals surface area contributed by atoms with Gasteiger partial charge >= 0.3 is 0 Å². The molecule has 0 saturated heterocycles. The highest BCUT2D eigenvalue weighted by molar-refractivity contribution is 7.13. The number of aromatic nitrogens is 2. The Bertz CT molecular complexity index is 498. The Morgan fingerprint density at radius 3 is 2.58 bits per heavy atom. The highest BCUT2D eigenvalue weighted by Crippen LogP contribution is 2.33. The second kappa shape index (κ2) is 6.29. The van der Waals surface area contributed by atoms with Crippen LogP contribution in [0, 0.1) is 0 Å². The van der Waals surface area contributed by atoms with Crippen LogP contribution in [-0.4, -0.2) is 9.97 Å². The largest absolute Gasteiger partial charge is 0.264 e. The molecule has 100 valence electrons. The molecule has 2 aromatic heterocycles. The van der Waals surface area contributed by atoms with Gasteiger partial charge in [0.25, 0.3) is 0 Å². The number of nitrogens with zero attached hydrogens (tertiary/aromatic N) is 2. The van der Waals surface area contributed by atoms with Crippen molar-refractivity contribution in [3.05, 3.63) is 35.6 Å². The summed E-state index contributed by atoms with van der Waals surface area (Å²) in [5.74, 6) is 0.682. The van der Waals surface area contributed by atoms with Gasteiger partial charge in [-0.25, -0.2) is 4.98 Å². The molecule has 0 bridgehead atoms. The van der Waals surface area contributed by atoms with Gasteiger partial charge in [-0.05, 0) is 25.0 Å². The molecule has 0 aromatic carbocycles. The molecule has 1 aliphatic rings. The third-order valence-electron chi connectivity index (χ3n) is 3.95. The van der Waals surface area contributed by atoms with Gasteiger partial charge in [-0.2, -0.15) is 0 Å². The Hall–Kier alpha value is -1.22. The SMILES string of the molecule is c1cncc(-c2nc(C3CCCCCCC3)cs2)c1. The minimum absolute atomic E-state index is 0.682. The summed E-state index contributed by atoms with van der Waals surface area (Å²) in [5.41, 5.74) is 2.45. The maximum absolute atomic E-state index is 4.85. The second-order valence-electron chi connectivity index (χ2n) is 5.36. The van der Waals surface area contributed by atoms with Crippen LogP contribution in [0.5, 0.6) is 0 Å². The quantitative estimate of drug-likeness (QED) is 0.766. The van der Waals surface area contributed by atoms with Crippen LogP contribution in [0.2, 0.25) is 0 Å². The molecular formula is C16H20N2S. The third kappa shape index (κ3) is 3.21. The Labute approximate surface area is 118 Å². The van der Waals surface area contributed by atoms with Crippen molar-refractivity contribution in [1.82, 2.24) is 9.97 Å². The highest BCUT2D eigenvalue weighted by atomic mass is 32.1. The van der Waals surface area contributed by atoms with E-state index in [2.05, 4.69) is 16.4 Å². The van der Waals surface area contributed by atoms with Crippen molar-refractivity contribution in [2.45, 2.75) is 50.9 Å². The molecule has 2 aromatic rings. The number of rotatable bonds is 2. The zero-order valence-electron chi connectivity index (χ0n) is 11.2. The predicted molar refractivity (Wildman–Crippen MR) is 80.4 cm³/mol. The first-order valence-corrected chi connectivity index (χ1v) is 8.17. The molecule has 0 radical (unpaired) electrons. The summed E-state index contributed by atoms with van der Waals surface area (Å²) in [4.78, 5) is 9.03. The van der Waals surface area contributed by atoms with Gasteiger partial charge in [0.1, 0.15) is 5.01 Å². The number of pyridine rings is 1. The molecule has 1 saturated carbocycles. The van der Waals surface area contributed by atoms with E-state index >= 15 is 0 Å². The molecule has 0 aliphatic heterocycles. The lowest BCUT2D eigenvalue weighted by atomic mass is 9.89. The zero-order chi connectivity index (χ0) is 12.9. The third-order valence-corrected chi connectivity index (χ3v) is 4.86. The van der Waals surface area contributed by atoms with Crippen molar-refractivity contribution in [1.29, 1.82) is 0 Å². The average molecular weight is 272 g/mol. The second-order valence-corrected chi connectivity index (χ2v) is 6.22. The molecule has 0 amide bonds. The Morgan fingerprint density at radius 1 is 1.05 bits per heavy atom. The van der Waals surface area contributed by atoms with Crippen molar-refractivity contribution in [3.8, 4) is 10.6 Å². The molecule has 19 heavy (non-hydrogen) atoms. The maximum Gasteiger partial charge on any atom is 0.125 e. The average Bonchev–Trinajstić information content (AvgIpc) is 2.89. The van der Waals surface area contributed by atoms with Crippen LogP contribution in [0.15, 0.2) is 29.9 Å². The van der Waals surface area contributed by atoms with E-state index in [0.717, 1.165) is 10.6 Å². The molecule has 0 N–H and O–H groups in total. The molecule has 0 unspecified atom stereocenters. The van der Waals surface area contributed by atoms with Crippen molar-refractivity contribution in [2.24, 2.45) is 0 Å². The van der Waals surface area contributed by atoms with Crippen molar-refractivity contribution >= 4 is 11.3 Å². The van der Waals surface area contributed by atoms with Crippen molar-refractivity contribution in [3.63, 3.8) is 0 Å². The van der Waals surface area contributed by atoms with Crippen molar-refractivity contribution < 1.29 is 0 Å². The summed E-state index contributed by atoms with van der Waals surface area (Å²) in [6.07, 6.45) is 13.3. The van der Waals surface area contributed by atoms with Gasteiger partial charge in [-0.1, -0.05) is 32.1 Å². The lowest BCUT2D eigenvalue weighted by Crippen LogP contribution is -2.02. The van der Waals surface area contributed by atoms with E-state index in [-0.39, 0.29) is 0 Å². The van der Waals surface area contributed by atoms with E-state index in [1.54, 1.807) is 11.3 Å². The normalized spacial score (nSPS) is 17.9. The van der Waals surface area contributed by atoms with Crippen LogP contribution in [0.4, 0.5) is 0 Å². The fourth-order valence-corrected chi connectivity index (χ4v) is 3.74. The maximum atomic E-state index is 4.85. The van der Waals surface area contributed by atoms with Crippen LogP contribution in [-0.2, 0) is 0 Å². The fourth-order valence-electron chi connectivity index (χ4n) is 2.85. The van der Waals surface area contributed by atoms with Crippen molar-refractivity contribution in [2.75, 3.05) is 0 Å². The molecule has 1 aliphatic carbocycles. The van der Waals surface area contributed by atoms with Crippen LogP contribution in [0.25, 0.3) is 10.6 Å². The van der Waals surface area contributed by atoms with Gasteiger partial charge in [-0.15, -0.1) is 11.3 Å². The summed E-state index contributed by atoms with van der Waals surface area (Å²) in [6.45, 7) is 0. The van der Waals surface area contributed by atoms with Crippen LogP contribution < -0.4 is 0 Å². The topological polar surface area (TPSA) is 25.8 Å². The van der Waals surface area contributed by atoms with Gasteiger partial charge in [0, 0.05) is 29.3 Å². The molecule has 0 atom stereocenters. The standard InChI is InChI=1S/C16H20N2S/c1-2-4-7-13(8-5-3-1)15-12-19-16(18-15)14-9-6-10-17-11-14/h6,9-13H,1-5,7-8H2. The highest BCUT2D eigenvalue weighted by Gasteiger charge is 2.17. The Balaban J connectivity index is 1.76. The number of thiazole rings is 1. The van der Waals surface area contributed by atoms with Crippen LogP contribution in [0.3, 0.4) is 0 Å². The molecule has 2 heterocycles. The summed E-state index contributed by atoms with van der Waals surface area (Å²) >= 11 is 1.76. The number of hydrogen-bond acceptors (Lipinski definition) is 3. The van der Waals surface area contributed by atoms with Gasteiger partial charge in [0.05, 0.1) is 5.69 Å². The minimum Gasteiger partial charge on any atom is -0.264 e. The van der Waals surface area contributed by atoms with E-state index < -0.39 is 0 Å². The van der Waals surface area contributed by atoms with Gasteiger partial charge in [-0.3, -0.25) is 4.98 Å². The first-order valence-electron chi connectivity index (χ1n) is 7.29. The lowest BCUT2D eigenvalue weighted by molar-refractivity contribution is 0.451. The zero-order valence-corrected chi connectivity index (χ0v) is 12.0. The Morgan fingerprint density at radius 2 is 1.84 bits per heavy atom. The molecular weight excluding hydrogens is 252 g/mol. The predicted octanol–water partition coefficient (Wildman–Crippen LogP) is 5.03. The van der Waals surface area contributed by atoms with Gasteiger partial charge in [0.15, 0.2) is 0 Å². The van der Waals surface area contributed by atoms with Crippen LogP contribution in [0.1, 0.15) is 56.6 Å². The van der Waals surface area contributed by atoms with Gasteiger partial charge in [0.2, 0.25) is 0 Å². The van der Waals surface area contributed by atoms with E-state index in [0.29, 0.717) is 5.92 Å². The molecule has 1 fully saturated rings. The van der Waals surface area contributed by atoms with Gasteiger partial charge < -0.3 is 0 Å². The first-order chi connectivity index (χ1) is 9.43. The summed E-state index contributed by atoms with van der Waals surface area (Å²) in [5, 5.41) is 3.37. The lowest BCUT2D eigenvalue weighted by Gasteiger charge is -2.17. The number of hydrogen-bond donors (Lipinski definition) is 0. The first kappa shape index (κ1) is 12.8. The van der Waals surface area contributed by atoms with E-state index in [9.17, 15) is 0 Å². The smallest absolute Gasteiger partial charge is 0.125 e. The molecule has 3 heteroatoms. The molecule has 3 rings (SSSR count). The Kier molecular flexibility index (Phi) is 4.23. The summed E-state index contributed by atoms with van der Waals surface area (Å²) in [6, 6.07) is 4.07. The van der Waals surface area contributed by atoms with E-state index in [1.807, 2.05) is 18.5 Å². The van der Waals surface area contributed by atoms with Crippen LogP contribution >= 0.6 is 11.3 Å². The molecule has 2 nitrogen and oxygen atoms in total. The fraction of sp³-hybridized carbons (Fsp3) is 0.500. The monoisotopic (exact) mass is 272 g/mol. The van der Waals surface area contributed by atoms with E-state index in [4.69, 9.17) is 4.98 Å². The summed E-state index contributed by atoms with van der Waals surface area (Å²) < 4.78 is 0. The van der Waals surface area contributed by atoms with E-state index in [1.165, 1.54) is 50.6 Å².